The Kier molecular flexibility index (Phi) is 5.68. The molecule has 1 N–H and O–H groups in total. The van der Waals surface area contributed by atoms with Crippen LogP contribution in [0.25, 0.3) is 0 Å². The smallest absolute Gasteiger partial charge is 0.408 e. The normalized spacial score (nSPS) is 12.9. The summed E-state index contributed by atoms with van der Waals surface area (Å²) in [6.07, 6.45) is 0.323. The highest BCUT2D eigenvalue weighted by molar-refractivity contribution is 9.10. The average molecular weight is 349 g/mol. The van der Waals surface area contributed by atoms with Crippen LogP contribution >= 0.6 is 27.5 Å². The highest BCUT2D eigenvalue weighted by atomic mass is 79.9. The molecule has 0 aliphatic rings. The molecule has 1 amide bonds. The molecule has 0 fully saturated rings. The van der Waals surface area contributed by atoms with Crippen molar-refractivity contribution < 1.29 is 9.53 Å². The maximum Gasteiger partial charge on any atom is 0.408 e. The summed E-state index contributed by atoms with van der Waals surface area (Å²) in [4.78, 5) is 11.8. The topological polar surface area (TPSA) is 38.3 Å². The molecule has 1 atom stereocenters. The van der Waals surface area contributed by atoms with Gasteiger partial charge in [-0.1, -0.05) is 34.5 Å². The molecule has 5 heteroatoms. The number of carbonyl (C=O) groups excluding carboxylic acids is 1. The van der Waals surface area contributed by atoms with Gasteiger partial charge in [0.05, 0.1) is 6.04 Å². The van der Waals surface area contributed by atoms with Crippen molar-refractivity contribution in [1.29, 1.82) is 0 Å². The summed E-state index contributed by atoms with van der Waals surface area (Å²) in [5.74, 6) is 0. The number of carbonyl (C=O) groups is 1. The number of amides is 1. The predicted molar refractivity (Wildman–Crippen MR) is 81.6 cm³/mol. The minimum Gasteiger partial charge on any atom is -0.444 e. The molecule has 0 aromatic heterocycles. The Morgan fingerprint density at radius 1 is 1.47 bits per heavy atom. The van der Waals surface area contributed by atoms with Crippen molar-refractivity contribution in [2.75, 3.05) is 0 Å². The number of hydrogen-bond donors (Lipinski definition) is 1. The molecule has 0 aliphatic heterocycles. The van der Waals surface area contributed by atoms with Gasteiger partial charge in [0, 0.05) is 9.50 Å². The Morgan fingerprint density at radius 2 is 2.11 bits per heavy atom. The van der Waals surface area contributed by atoms with E-state index in [4.69, 9.17) is 16.3 Å². The molecular weight excluding hydrogens is 330 g/mol. The molecule has 19 heavy (non-hydrogen) atoms. The van der Waals surface area contributed by atoms with E-state index in [-0.39, 0.29) is 6.04 Å². The van der Waals surface area contributed by atoms with Crippen LogP contribution in [0.3, 0.4) is 0 Å². The first-order valence-corrected chi connectivity index (χ1v) is 7.34. The fraction of sp³-hybridized carbons (Fsp3) is 0.500. The van der Waals surface area contributed by atoms with Crippen LogP contribution in [0.1, 0.15) is 45.7 Å². The maximum absolute atomic E-state index is 11.8. The third-order valence-corrected chi connectivity index (χ3v) is 3.39. The van der Waals surface area contributed by atoms with E-state index in [1.165, 1.54) is 0 Å². The summed E-state index contributed by atoms with van der Waals surface area (Å²) in [7, 11) is 0. The van der Waals surface area contributed by atoms with Crippen molar-refractivity contribution in [1.82, 2.24) is 5.32 Å². The summed E-state index contributed by atoms with van der Waals surface area (Å²) in [6.45, 7) is 7.50. The quantitative estimate of drug-likeness (QED) is 0.827. The predicted octanol–water partition coefficient (Wildman–Crippen LogP) is 5.08. The van der Waals surface area contributed by atoms with E-state index >= 15 is 0 Å². The Bertz CT molecular complexity index is 457. The minimum atomic E-state index is -0.506. The van der Waals surface area contributed by atoms with Crippen LogP contribution in [0.15, 0.2) is 22.7 Å². The van der Waals surface area contributed by atoms with Crippen molar-refractivity contribution in [3.8, 4) is 0 Å². The lowest BCUT2D eigenvalue weighted by molar-refractivity contribution is 0.0502. The van der Waals surface area contributed by atoms with Crippen LogP contribution in [0.2, 0.25) is 5.02 Å². The van der Waals surface area contributed by atoms with Gasteiger partial charge in [0.15, 0.2) is 0 Å². The molecule has 1 rings (SSSR count). The highest BCUT2D eigenvalue weighted by Crippen LogP contribution is 2.28. The van der Waals surface area contributed by atoms with Crippen LogP contribution in [-0.2, 0) is 4.74 Å². The Morgan fingerprint density at radius 3 is 2.63 bits per heavy atom. The van der Waals surface area contributed by atoms with Crippen LogP contribution in [-0.4, -0.2) is 11.7 Å². The average Bonchev–Trinajstić information content (AvgIpc) is 2.27. The molecule has 0 saturated carbocycles. The number of nitrogens with one attached hydrogen (secondary N) is 1. The molecule has 0 radical (unpaired) electrons. The maximum atomic E-state index is 11.8. The van der Waals surface area contributed by atoms with Gasteiger partial charge in [0.2, 0.25) is 0 Å². The summed E-state index contributed by atoms with van der Waals surface area (Å²) >= 11 is 9.47. The fourth-order valence-electron chi connectivity index (χ4n) is 1.63. The molecule has 0 heterocycles. The lowest BCUT2D eigenvalue weighted by Crippen LogP contribution is -2.34. The summed E-state index contributed by atoms with van der Waals surface area (Å²) in [6, 6.07) is 5.38. The van der Waals surface area contributed by atoms with Gasteiger partial charge in [-0.05, 0) is 51.0 Å². The molecule has 1 aromatic carbocycles. The molecule has 1 aromatic rings. The number of hydrogen-bond acceptors (Lipinski definition) is 2. The van der Waals surface area contributed by atoms with E-state index in [1.807, 2.05) is 39.8 Å². The molecular formula is C14H19BrClNO2. The number of benzene rings is 1. The van der Waals surface area contributed by atoms with Crippen molar-refractivity contribution >= 4 is 33.6 Å². The SMILES string of the molecule is CC[C@H](NC(=O)OC(C)(C)C)c1cc(Cl)ccc1Br. The van der Waals surface area contributed by atoms with Crippen LogP contribution in [0.5, 0.6) is 0 Å². The van der Waals surface area contributed by atoms with E-state index < -0.39 is 11.7 Å². The van der Waals surface area contributed by atoms with Crippen molar-refractivity contribution in [2.45, 2.75) is 45.8 Å². The van der Waals surface area contributed by atoms with Crippen molar-refractivity contribution in [3.05, 3.63) is 33.3 Å². The molecule has 0 saturated heterocycles. The van der Waals surface area contributed by atoms with Crippen LogP contribution in [0.4, 0.5) is 4.79 Å². The van der Waals surface area contributed by atoms with Gasteiger partial charge in [-0.3, -0.25) is 0 Å². The highest BCUT2D eigenvalue weighted by Gasteiger charge is 2.20. The number of rotatable bonds is 3. The third kappa shape index (κ3) is 5.41. The first-order valence-electron chi connectivity index (χ1n) is 6.17. The number of ether oxygens (including phenoxy) is 1. The number of alkyl carbamates (subject to hydrolysis) is 1. The van der Waals surface area contributed by atoms with Gasteiger partial charge in [-0.2, -0.15) is 0 Å². The fourth-order valence-corrected chi connectivity index (χ4v) is 2.33. The Balaban J connectivity index is 2.84. The Labute approximate surface area is 127 Å². The van der Waals surface area contributed by atoms with E-state index in [0.717, 1.165) is 16.5 Å². The lowest BCUT2D eigenvalue weighted by Gasteiger charge is -2.24. The summed E-state index contributed by atoms with van der Waals surface area (Å²) < 4.78 is 6.18. The van der Waals surface area contributed by atoms with E-state index in [9.17, 15) is 4.79 Å². The minimum absolute atomic E-state index is 0.136. The third-order valence-electron chi connectivity index (χ3n) is 2.43. The second-order valence-electron chi connectivity index (χ2n) is 5.27. The zero-order chi connectivity index (χ0) is 14.6. The molecule has 0 aliphatic carbocycles. The van der Waals surface area contributed by atoms with Gasteiger partial charge < -0.3 is 10.1 Å². The largest absolute Gasteiger partial charge is 0.444 e. The van der Waals surface area contributed by atoms with E-state index in [1.54, 1.807) is 6.07 Å². The van der Waals surface area contributed by atoms with Crippen LogP contribution < -0.4 is 5.32 Å². The van der Waals surface area contributed by atoms with Crippen molar-refractivity contribution in [3.63, 3.8) is 0 Å². The molecule has 3 nitrogen and oxygen atoms in total. The monoisotopic (exact) mass is 347 g/mol. The second kappa shape index (κ2) is 6.62. The zero-order valence-corrected chi connectivity index (χ0v) is 13.9. The van der Waals surface area contributed by atoms with Gasteiger partial charge in [-0.15, -0.1) is 0 Å². The first-order chi connectivity index (χ1) is 8.73. The van der Waals surface area contributed by atoms with Crippen molar-refractivity contribution in [2.24, 2.45) is 0 Å². The number of halogens is 2. The molecule has 0 bridgehead atoms. The Hall–Kier alpha value is -0.740. The summed E-state index contributed by atoms with van der Waals surface area (Å²) in [5, 5.41) is 3.50. The zero-order valence-electron chi connectivity index (χ0n) is 11.6. The summed E-state index contributed by atoms with van der Waals surface area (Å²) in [5.41, 5.74) is 0.439. The molecule has 0 spiro atoms. The molecule has 0 unspecified atom stereocenters. The van der Waals surface area contributed by atoms with E-state index in [0.29, 0.717) is 5.02 Å². The van der Waals surface area contributed by atoms with E-state index in [2.05, 4.69) is 21.2 Å². The standard InChI is InChI=1S/C14H19BrClNO2/c1-5-12(17-13(18)19-14(2,3)4)10-8-9(16)6-7-11(10)15/h6-8,12H,5H2,1-4H3,(H,17,18)/t12-/m0/s1. The van der Waals surface area contributed by atoms with Crippen LogP contribution in [0, 0.1) is 0 Å². The van der Waals surface area contributed by atoms with Gasteiger partial charge in [0.25, 0.3) is 0 Å². The van der Waals surface area contributed by atoms with Gasteiger partial charge in [0.1, 0.15) is 5.60 Å². The molecule has 106 valence electrons. The van der Waals surface area contributed by atoms with Gasteiger partial charge >= 0.3 is 6.09 Å². The lowest BCUT2D eigenvalue weighted by atomic mass is 10.1. The second-order valence-corrected chi connectivity index (χ2v) is 6.56. The first kappa shape index (κ1) is 16.3. The van der Waals surface area contributed by atoms with Gasteiger partial charge in [-0.25, -0.2) is 4.79 Å².